The van der Waals surface area contributed by atoms with Crippen molar-refractivity contribution in [3.05, 3.63) is 40.2 Å². The molecular formula is C13H15BrFN3. The van der Waals surface area contributed by atoms with E-state index in [0.717, 1.165) is 15.7 Å². The summed E-state index contributed by atoms with van der Waals surface area (Å²) in [4.78, 5) is 0. The van der Waals surface area contributed by atoms with Gasteiger partial charge in [0.25, 0.3) is 0 Å². The van der Waals surface area contributed by atoms with E-state index in [2.05, 4.69) is 45.3 Å². The molecule has 2 N–H and O–H groups in total. The minimum atomic E-state index is -0.256. The third-order valence-electron chi connectivity index (χ3n) is 2.62. The van der Waals surface area contributed by atoms with Crippen molar-refractivity contribution >= 4 is 15.9 Å². The molecule has 0 radical (unpaired) electrons. The third kappa shape index (κ3) is 2.97. The highest BCUT2D eigenvalue weighted by Gasteiger charge is 2.12. The summed E-state index contributed by atoms with van der Waals surface area (Å²) < 4.78 is 14.7. The molecule has 0 spiro atoms. The van der Waals surface area contributed by atoms with Gasteiger partial charge in [0, 0.05) is 28.2 Å². The normalized spacial score (nSPS) is 11.2. The van der Waals surface area contributed by atoms with E-state index in [4.69, 9.17) is 0 Å². The van der Waals surface area contributed by atoms with Gasteiger partial charge in [0.1, 0.15) is 5.82 Å². The minimum absolute atomic E-state index is 0.256. The van der Waals surface area contributed by atoms with Crippen molar-refractivity contribution in [2.45, 2.75) is 26.4 Å². The molecule has 0 saturated carbocycles. The average molecular weight is 312 g/mol. The van der Waals surface area contributed by atoms with Crippen LogP contribution >= 0.6 is 15.9 Å². The highest BCUT2D eigenvalue weighted by Crippen LogP contribution is 2.27. The number of nitrogens with one attached hydrogen (secondary N) is 2. The zero-order valence-corrected chi connectivity index (χ0v) is 11.9. The van der Waals surface area contributed by atoms with Gasteiger partial charge in [-0.15, -0.1) is 0 Å². The minimum Gasteiger partial charge on any atom is -0.310 e. The van der Waals surface area contributed by atoms with Crippen molar-refractivity contribution in [3.63, 3.8) is 0 Å². The van der Waals surface area contributed by atoms with Crippen LogP contribution in [0.3, 0.4) is 0 Å². The second kappa shape index (κ2) is 5.63. The van der Waals surface area contributed by atoms with Crippen LogP contribution in [-0.4, -0.2) is 16.2 Å². The molecule has 5 heteroatoms. The van der Waals surface area contributed by atoms with Crippen LogP contribution in [0.15, 0.2) is 28.9 Å². The number of aromatic nitrogens is 2. The number of nitrogens with zero attached hydrogens (tertiary/aromatic N) is 1. The molecule has 0 fully saturated rings. The molecule has 0 aliphatic rings. The Bertz CT molecular complexity index is 537. The first-order chi connectivity index (χ1) is 8.58. The van der Waals surface area contributed by atoms with Gasteiger partial charge in [-0.2, -0.15) is 5.10 Å². The molecule has 1 aromatic heterocycles. The van der Waals surface area contributed by atoms with Crippen LogP contribution < -0.4 is 5.32 Å². The summed E-state index contributed by atoms with van der Waals surface area (Å²) in [6.45, 7) is 4.80. The van der Waals surface area contributed by atoms with Gasteiger partial charge < -0.3 is 5.32 Å². The highest BCUT2D eigenvalue weighted by atomic mass is 79.9. The maximum atomic E-state index is 13.8. The van der Waals surface area contributed by atoms with Gasteiger partial charge in [-0.3, -0.25) is 5.10 Å². The van der Waals surface area contributed by atoms with Crippen LogP contribution in [0.5, 0.6) is 0 Å². The van der Waals surface area contributed by atoms with Crippen molar-refractivity contribution in [1.82, 2.24) is 15.5 Å². The Morgan fingerprint density at radius 3 is 2.94 bits per heavy atom. The molecule has 0 amide bonds. The predicted octanol–water partition coefficient (Wildman–Crippen LogP) is 3.48. The molecular weight excluding hydrogens is 297 g/mol. The first-order valence-electron chi connectivity index (χ1n) is 5.79. The van der Waals surface area contributed by atoms with Gasteiger partial charge in [-0.25, -0.2) is 4.39 Å². The van der Waals surface area contributed by atoms with E-state index >= 15 is 0 Å². The highest BCUT2D eigenvalue weighted by molar-refractivity contribution is 9.10. The molecule has 96 valence electrons. The molecule has 1 aromatic carbocycles. The van der Waals surface area contributed by atoms with Crippen molar-refractivity contribution in [1.29, 1.82) is 0 Å². The Hall–Kier alpha value is -1.20. The summed E-state index contributed by atoms with van der Waals surface area (Å²) in [6.07, 6.45) is 1.73. The van der Waals surface area contributed by atoms with Gasteiger partial charge >= 0.3 is 0 Å². The number of aromatic amines is 1. The molecule has 18 heavy (non-hydrogen) atoms. The summed E-state index contributed by atoms with van der Waals surface area (Å²) in [5.41, 5.74) is 2.21. The van der Waals surface area contributed by atoms with Crippen molar-refractivity contribution in [3.8, 4) is 11.3 Å². The number of hydrogen-bond acceptors (Lipinski definition) is 2. The fourth-order valence-electron chi connectivity index (χ4n) is 1.68. The number of rotatable bonds is 4. The van der Waals surface area contributed by atoms with E-state index in [1.54, 1.807) is 18.3 Å². The zero-order valence-electron chi connectivity index (χ0n) is 10.3. The average Bonchev–Trinajstić information content (AvgIpc) is 2.77. The van der Waals surface area contributed by atoms with Crippen LogP contribution in [0, 0.1) is 5.82 Å². The monoisotopic (exact) mass is 311 g/mol. The van der Waals surface area contributed by atoms with Crippen LogP contribution in [0.4, 0.5) is 4.39 Å². The predicted molar refractivity (Wildman–Crippen MR) is 73.7 cm³/mol. The summed E-state index contributed by atoms with van der Waals surface area (Å²) >= 11 is 3.35. The topological polar surface area (TPSA) is 40.7 Å². The molecule has 2 aromatic rings. The third-order valence-corrected chi connectivity index (χ3v) is 3.11. The Morgan fingerprint density at radius 1 is 1.44 bits per heavy atom. The van der Waals surface area contributed by atoms with E-state index < -0.39 is 0 Å². The van der Waals surface area contributed by atoms with Crippen LogP contribution in [-0.2, 0) is 6.54 Å². The summed E-state index contributed by atoms with van der Waals surface area (Å²) in [7, 11) is 0. The lowest BCUT2D eigenvalue weighted by molar-refractivity contribution is 0.589. The molecule has 0 atom stereocenters. The van der Waals surface area contributed by atoms with Crippen LogP contribution in [0.1, 0.15) is 19.4 Å². The lowest BCUT2D eigenvalue weighted by atomic mass is 10.1. The second-order valence-electron chi connectivity index (χ2n) is 4.43. The zero-order chi connectivity index (χ0) is 13.1. The number of H-pyrrole nitrogens is 1. The second-order valence-corrected chi connectivity index (χ2v) is 5.35. The van der Waals surface area contributed by atoms with Crippen molar-refractivity contribution < 1.29 is 4.39 Å². The van der Waals surface area contributed by atoms with Gasteiger partial charge in [-0.1, -0.05) is 29.8 Å². The summed E-state index contributed by atoms with van der Waals surface area (Å²) in [5, 5.41) is 10.2. The first kappa shape index (κ1) is 13.2. The Kier molecular flexibility index (Phi) is 4.14. The van der Waals surface area contributed by atoms with E-state index in [0.29, 0.717) is 18.2 Å². The largest absolute Gasteiger partial charge is 0.310 e. The smallest absolute Gasteiger partial charge is 0.132 e. The first-order valence-corrected chi connectivity index (χ1v) is 6.58. The quantitative estimate of drug-likeness (QED) is 0.907. The lowest BCUT2D eigenvalue weighted by Crippen LogP contribution is -2.21. The summed E-state index contributed by atoms with van der Waals surface area (Å²) in [6, 6.07) is 5.25. The maximum Gasteiger partial charge on any atom is 0.132 e. The van der Waals surface area contributed by atoms with Crippen LogP contribution in [0.2, 0.25) is 0 Å². The van der Waals surface area contributed by atoms with E-state index in [1.165, 1.54) is 6.07 Å². The van der Waals surface area contributed by atoms with E-state index in [1.807, 2.05) is 0 Å². The molecule has 0 aliphatic heterocycles. The Labute approximate surface area is 114 Å². The van der Waals surface area contributed by atoms with Crippen molar-refractivity contribution in [2.75, 3.05) is 0 Å². The van der Waals surface area contributed by atoms with Gasteiger partial charge in [-0.05, 0) is 18.2 Å². The molecule has 0 saturated heterocycles. The van der Waals surface area contributed by atoms with Gasteiger partial charge in [0.15, 0.2) is 0 Å². The Morgan fingerprint density at radius 2 is 2.22 bits per heavy atom. The number of hydrogen-bond donors (Lipinski definition) is 2. The van der Waals surface area contributed by atoms with Gasteiger partial charge in [0.05, 0.1) is 11.9 Å². The standard InChI is InChI=1S/C13H15BrFN3/c1-8(2)16-6-9-7-17-18-13(9)11-5-10(14)3-4-12(11)15/h3-5,7-8,16H,6H2,1-2H3,(H,17,18). The van der Waals surface area contributed by atoms with Gasteiger partial charge in [0.2, 0.25) is 0 Å². The number of benzene rings is 1. The fourth-order valence-corrected chi connectivity index (χ4v) is 2.04. The molecule has 0 unspecified atom stereocenters. The summed E-state index contributed by atoms with van der Waals surface area (Å²) in [5.74, 6) is -0.256. The Balaban J connectivity index is 2.33. The maximum absolute atomic E-state index is 13.8. The SMILES string of the molecule is CC(C)NCc1cn[nH]c1-c1cc(Br)ccc1F. The number of halogens is 2. The lowest BCUT2D eigenvalue weighted by Gasteiger charge is -2.09. The van der Waals surface area contributed by atoms with Crippen molar-refractivity contribution in [2.24, 2.45) is 0 Å². The molecule has 0 aliphatic carbocycles. The molecule has 3 nitrogen and oxygen atoms in total. The van der Waals surface area contributed by atoms with E-state index in [9.17, 15) is 4.39 Å². The molecule has 1 heterocycles. The molecule has 2 rings (SSSR count). The van der Waals surface area contributed by atoms with Crippen LogP contribution in [0.25, 0.3) is 11.3 Å². The molecule has 0 bridgehead atoms. The van der Waals surface area contributed by atoms with E-state index in [-0.39, 0.29) is 5.82 Å². The fraction of sp³-hybridized carbons (Fsp3) is 0.308.